The minimum absolute atomic E-state index is 0.101. The molecular weight excluding hydrogens is 1250 g/mol. The van der Waals surface area contributed by atoms with Crippen molar-refractivity contribution in [1.82, 2.24) is 0 Å². The normalized spacial score (nSPS) is 14.7. The van der Waals surface area contributed by atoms with E-state index in [-0.39, 0.29) is 25.7 Å². The first-order valence-corrected chi connectivity index (χ1v) is 41.9. The van der Waals surface area contributed by atoms with Gasteiger partial charge in [-0.05, 0) is 63.2 Å². The van der Waals surface area contributed by atoms with Gasteiger partial charge in [-0.3, -0.25) is 37.3 Å². The zero-order chi connectivity index (χ0) is 70.0. The Labute approximate surface area is 580 Å². The predicted octanol–water partition coefficient (Wildman–Crippen LogP) is 21.9. The predicted molar refractivity (Wildman–Crippen MR) is 386 cm³/mol. The van der Waals surface area contributed by atoms with Crippen molar-refractivity contribution in [3.63, 3.8) is 0 Å². The average molecular weight is 1390 g/mol. The fourth-order valence-electron chi connectivity index (χ4n) is 11.0. The number of allylic oxidation sites excluding steroid dienone is 4. The van der Waals surface area contributed by atoms with Gasteiger partial charge in [0, 0.05) is 25.7 Å². The lowest BCUT2D eigenvalue weighted by molar-refractivity contribution is -0.161. The Morgan fingerprint density at radius 2 is 0.589 bits per heavy atom. The van der Waals surface area contributed by atoms with E-state index in [1.165, 1.54) is 161 Å². The van der Waals surface area contributed by atoms with Crippen LogP contribution in [-0.2, 0) is 65.4 Å². The first-order valence-electron chi connectivity index (χ1n) is 38.9. The van der Waals surface area contributed by atoms with Gasteiger partial charge >= 0.3 is 39.5 Å². The van der Waals surface area contributed by atoms with Crippen LogP contribution in [0.5, 0.6) is 0 Å². The van der Waals surface area contributed by atoms with Gasteiger partial charge in [-0.15, -0.1) is 0 Å². The van der Waals surface area contributed by atoms with E-state index in [1.807, 2.05) is 0 Å². The Bertz CT molecular complexity index is 1940. The van der Waals surface area contributed by atoms with Gasteiger partial charge in [-0.1, -0.05) is 316 Å². The Morgan fingerprint density at radius 3 is 0.895 bits per heavy atom. The molecule has 19 heteroatoms. The summed E-state index contributed by atoms with van der Waals surface area (Å²) in [5.74, 6) is -0.616. The molecule has 0 aromatic rings. The molecule has 0 saturated heterocycles. The molecule has 0 radical (unpaired) electrons. The SMILES string of the molecule is CCCCCC/C=C\C=C/CCCCCCCC(=O)OC[C@H](COP(=O)(O)OC[C@@H](O)COP(=O)(O)OC[C@@H](COC(=O)CCCCCCCCC(C)CC)OC(=O)CCCCCCCCCCCCC(C)CC)OC(=O)CCCCCCCCCCCCCCCCCC. The minimum Gasteiger partial charge on any atom is -0.462 e. The van der Waals surface area contributed by atoms with Gasteiger partial charge in [0.05, 0.1) is 26.4 Å². The number of phosphoric ester groups is 2. The minimum atomic E-state index is -4.96. The van der Waals surface area contributed by atoms with Crippen LogP contribution in [0.15, 0.2) is 24.3 Å². The molecule has 0 aromatic carbocycles. The first-order chi connectivity index (χ1) is 45.9. The number of unbranched alkanes of at least 4 members (excludes halogenated alkanes) is 38. The van der Waals surface area contributed by atoms with Crippen LogP contribution in [0, 0.1) is 11.8 Å². The highest BCUT2D eigenvalue weighted by Crippen LogP contribution is 2.45. The van der Waals surface area contributed by atoms with Gasteiger partial charge in [0.25, 0.3) is 0 Å². The molecule has 0 heterocycles. The second-order valence-corrected chi connectivity index (χ2v) is 30.1. The summed E-state index contributed by atoms with van der Waals surface area (Å²) in [5.41, 5.74) is 0. The fourth-order valence-corrected chi connectivity index (χ4v) is 12.6. The molecule has 3 N–H and O–H groups in total. The van der Waals surface area contributed by atoms with Gasteiger partial charge in [0.15, 0.2) is 12.2 Å². The van der Waals surface area contributed by atoms with Crippen molar-refractivity contribution in [2.75, 3.05) is 39.6 Å². The van der Waals surface area contributed by atoms with Crippen molar-refractivity contribution in [2.45, 2.75) is 387 Å². The summed E-state index contributed by atoms with van der Waals surface area (Å²) in [6.45, 7) is 9.51. The number of phosphoric acid groups is 2. The number of aliphatic hydroxyl groups excluding tert-OH is 1. The molecule has 560 valence electrons. The van der Waals surface area contributed by atoms with E-state index in [9.17, 15) is 43.2 Å². The van der Waals surface area contributed by atoms with E-state index in [4.69, 9.17) is 37.0 Å². The van der Waals surface area contributed by atoms with Gasteiger partial charge in [0.2, 0.25) is 0 Å². The second kappa shape index (κ2) is 67.4. The fraction of sp³-hybridized carbons (Fsp3) is 0.895. The Hall–Kier alpha value is -2.46. The maximum atomic E-state index is 13.1. The van der Waals surface area contributed by atoms with Crippen LogP contribution >= 0.6 is 15.6 Å². The molecule has 0 bridgehead atoms. The number of hydrogen-bond acceptors (Lipinski definition) is 15. The van der Waals surface area contributed by atoms with Crippen molar-refractivity contribution >= 4 is 39.5 Å². The quantitative estimate of drug-likeness (QED) is 0.0169. The Balaban J connectivity index is 5.30. The van der Waals surface area contributed by atoms with Crippen molar-refractivity contribution in [2.24, 2.45) is 11.8 Å². The molecule has 0 spiro atoms. The molecule has 7 atom stereocenters. The number of aliphatic hydroxyl groups is 1. The van der Waals surface area contributed by atoms with Crippen LogP contribution in [-0.4, -0.2) is 96.7 Å². The smallest absolute Gasteiger partial charge is 0.462 e. The molecule has 0 saturated carbocycles. The van der Waals surface area contributed by atoms with Crippen LogP contribution in [0.4, 0.5) is 0 Å². The molecule has 0 rings (SSSR count). The number of ether oxygens (including phenoxy) is 4. The van der Waals surface area contributed by atoms with Gasteiger partial charge in [-0.25, -0.2) is 9.13 Å². The molecule has 17 nitrogen and oxygen atoms in total. The Kier molecular flexibility index (Phi) is 65.6. The van der Waals surface area contributed by atoms with Gasteiger partial charge < -0.3 is 33.8 Å². The maximum Gasteiger partial charge on any atom is 0.472 e. The summed E-state index contributed by atoms with van der Waals surface area (Å²) in [6, 6.07) is 0. The Morgan fingerprint density at radius 1 is 0.337 bits per heavy atom. The van der Waals surface area contributed by atoms with Crippen molar-refractivity contribution in [3.05, 3.63) is 24.3 Å². The van der Waals surface area contributed by atoms with Crippen LogP contribution < -0.4 is 0 Å². The van der Waals surface area contributed by atoms with Crippen LogP contribution in [0.2, 0.25) is 0 Å². The standard InChI is InChI=1S/C76H144O17P2/c1-7-11-13-15-17-19-21-23-25-27-29-31-36-40-48-54-60-75(80)92-71(64-86-73(78)58-52-46-39-35-30-28-26-24-22-20-18-16-14-12-8-2)66-90-94(82,83)88-62-70(77)63-89-95(84,85)91-67-72(65-87-74(79)59-53-47-43-42-45-51-57-69(6)10-4)93-76(81)61-55-49-41-37-33-32-34-38-44-50-56-68(5)9-3/h20,22,24,26,68-72,77H,7-19,21,23,25,27-67H2,1-6H3,(H,82,83)(H,84,85)/b22-20-,26-24-/t68?,69?,70-,71-,72-/m1/s1. The number of carbonyl (C=O) groups excluding carboxylic acids is 4. The summed E-state index contributed by atoms with van der Waals surface area (Å²) in [5, 5.41) is 10.6. The molecule has 95 heavy (non-hydrogen) atoms. The van der Waals surface area contributed by atoms with Crippen LogP contribution in [0.1, 0.15) is 369 Å². The molecule has 0 aliphatic heterocycles. The van der Waals surface area contributed by atoms with E-state index in [0.717, 1.165) is 127 Å². The number of hydrogen-bond donors (Lipinski definition) is 3. The van der Waals surface area contributed by atoms with Crippen molar-refractivity contribution < 1.29 is 80.2 Å². The summed E-state index contributed by atoms with van der Waals surface area (Å²) in [4.78, 5) is 72.8. The number of carbonyl (C=O) groups is 4. The molecular formula is C76H144O17P2. The van der Waals surface area contributed by atoms with Crippen molar-refractivity contribution in [1.29, 1.82) is 0 Å². The molecule has 0 amide bonds. The number of esters is 4. The van der Waals surface area contributed by atoms with E-state index >= 15 is 0 Å². The average Bonchev–Trinajstić information content (AvgIpc) is 1.51. The van der Waals surface area contributed by atoms with E-state index in [2.05, 4.69) is 65.8 Å². The maximum absolute atomic E-state index is 13.1. The lowest BCUT2D eigenvalue weighted by atomic mass is 9.99. The number of rotatable bonds is 73. The molecule has 0 aliphatic carbocycles. The summed E-state index contributed by atoms with van der Waals surface area (Å²) in [6.07, 6.45) is 57.6. The first kappa shape index (κ1) is 92.5. The molecule has 0 aliphatic rings. The van der Waals surface area contributed by atoms with E-state index in [1.54, 1.807) is 0 Å². The van der Waals surface area contributed by atoms with Gasteiger partial charge in [-0.2, -0.15) is 0 Å². The monoisotopic (exact) mass is 1390 g/mol. The van der Waals surface area contributed by atoms with E-state index < -0.39 is 97.5 Å². The topological polar surface area (TPSA) is 237 Å². The third-order valence-corrected chi connectivity index (χ3v) is 19.7. The van der Waals surface area contributed by atoms with Crippen molar-refractivity contribution in [3.8, 4) is 0 Å². The molecule has 0 fully saturated rings. The lowest BCUT2D eigenvalue weighted by Crippen LogP contribution is -2.30. The lowest BCUT2D eigenvalue weighted by Gasteiger charge is -2.21. The highest BCUT2D eigenvalue weighted by molar-refractivity contribution is 7.47. The molecule has 0 aromatic heterocycles. The van der Waals surface area contributed by atoms with E-state index in [0.29, 0.717) is 25.7 Å². The molecule has 4 unspecified atom stereocenters. The summed E-state index contributed by atoms with van der Waals surface area (Å²) in [7, 11) is -9.92. The summed E-state index contributed by atoms with van der Waals surface area (Å²) >= 11 is 0. The van der Waals surface area contributed by atoms with Crippen LogP contribution in [0.3, 0.4) is 0 Å². The third kappa shape index (κ3) is 67.2. The van der Waals surface area contributed by atoms with Gasteiger partial charge in [0.1, 0.15) is 19.3 Å². The zero-order valence-corrected chi connectivity index (χ0v) is 63.2. The highest BCUT2D eigenvalue weighted by atomic mass is 31.2. The zero-order valence-electron chi connectivity index (χ0n) is 61.5. The van der Waals surface area contributed by atoms with Crippen LogP contribution in [0.25, 0.3) is 0 Å². The second-order valence-electron chi connectivity index (χ2n) is 27.2. The highest BCUT2D eigenvalue weighted by Gasteiger charge is 2.30. The summed E-state index contributed by atoms with van der Waals surface area (Å²) < 4.78 is 68.5. The third-order valence-electron chi connectivity index (χ3n) is 17.8. The largest absolute Gasteiger partial charge is 0.472 e.